The zero-order valence-corrected chi connectivity index (χ0v) is 13.9. The van der Waals surface area contributed by atoms with Gasteiger partial charge in [-0.25, -0.2) is 0 Å². The standard InChI is InChI=1S/C15H16N4OS2/c1-3-8-18-13(20)11-6-4-5-7-12(11)19-14(18)16-17-15(19)22-10-9-21-2/h3-7H,1,8-10H2,2H3. The van der Waals surface area contributed by atoms with Gasteiger partial charge in [-0.2, -0.15) is 11.8 Å². The van der Waals surface area contributed by atoms with Gasteiger partial charge in [-0.1, -0.05) is 30.0 Å². The second-order valence-electron chi connectivity index (χ2n) is 4.68. The third-order valence-electron chi connectivity index (χ3n) is 3.31. The van der Waals surface area contributed by atoms with Crippen LogP contribution in [0.3, 0.4) is 0 Å². The molecule has 0 radical (unpaired) electrons. The molecule has 0 fully saturated rings. The van der Waals surface area contributed by atoms with E-state index in [2.05, 4.69) is 23.0 Å². The molecule has 114 valence electrons. The molecule has 0 saturated carbocycles. The predicted octanol–water partition coefficient (Wildman–Crippen LogP) is 2.69. The van der Waals surface area contributed by atoms with Crippen LogP contribution in [0.25, 0.3) is 16.7 Å². The Bertz CT molecular complexity index is 884. The minimum atomic E-state index is -0.0592. The van der Waals surface area contributed by atoms with Crippen molar-refractivity contribution in [3.63, 3.8) is 0 Å². The van der Waals surface area contributed by atoms with E-state index in [1.54, 1.807) is 34.2 Å². The number of hydrogen-bond donors (Lipinski definition) is 0. The molecular formula is C15H16N4OS2. The summed E-state index contributed by atoms with van der Waals surface area (Å²) in [4.78, 5) is 12.6. The first-order valence-corrected chi connectivity index (χ1v) is 9.25. The van der Waals surface area contributed by atoms with Gasteiger partial charge in [-0.3, -0.25) is 13.8 Å². The Balaban J connectivity index is 2.29. The molecule has 0 N–H and O–H groups in total. The van der Waals surface area contributed by atoms with Gasteiger partial charge in [0.15, 0.2) is 5.16 Å². The number of benzene rings is 1. The number of allylic oxidation sites excluding steroid dienone is 1. The average Bonchev–Trinajstić information content (AvgIpc) is 2.96. The largest absolute Gasteiger partial charge is 0.272 e. The van der Waals surface area contributed by atoms with Gasteiger partial charge in [-0.15, -0.1) is 16.8 Å². The summed E-state index contributed by atoms with van der Waals surface area (Å²) in [6.07, 6.45) is 3.78. The van der Waals surface area contributed by atoms with Crippen LogP contribution in [0.5, 0.6) is 0 Å². The Morgan fingerprint density at radius 1 is 1.27 bits per heavy atom. The summed E-state index contributed by atoms with van der Waals surface area (Å²) < 4.78 is 3.58. The molecule has 0 saturated heterocycles. The van der Waals surface area contributed by atoms with Crippen molar-refractivity contribution in [3.8, 4) is 0 Å². The first kappa shape index (κ1) is 15.2. The maximum absolute atomic E-state index is 12.6. The van der Waals surface area contributed by atoms with E-state index in [1.807, 2.05) is 28.7 Å². The molecule has 0 aliphatic heterocycles. The van der Waals surface area contributed by atoms with Crippen molar-refractivity contribution in [2.24, 2.45) is 0 Å². The van der Waals surface area contributed by atoms with E-state index >= 15 is 0 Å². The number of rotatable bonds is 6. The quantitative estimate of drug-likeness (QED) is 0.395. The zero-order chi connectivity index (χ0) is 15.5. The molecule has 0 unspecified atom stereocenters. The Labute approximate surface area is 136 Å². The lowest BCUT2D eigenvalue weighted by molar-refractivity contribution is 0.783. The van der Waals surface area contributed by atoms with Crippen molar-refractivity contribution < 1.29 is 0 Å². The fourth-order valence-electron chi connectivity index (χ4n) is 2.34. The smallest absolute Gasteiger partial charge is 0.263 e. The van der Waals surface area contributed by atoms with Crippen LogP contribution in [-0.2, 0) is 6.54 Å². The van der Waals surface area contributed by atoms with Gasteiger partial charge in [0.25, 0.3) is 5.56 Å². The highest BCUT2D eigenvalue weighted by atomic mass is 32.2. The third-order valence-corrected chi connectivity index (χ3v) is 5.11. The topological polar surface area (TPSA) is 52.2 Å². The van der Waals surface area contributed by atoms with Crippen molar-refractivity contribution in [1.82, 2.24) is 19.2 Å². The van der Waals surface area contributed by atoms with Crippen LogP contribution in [0.1, 0.15) is 0 Å². The lowest BCUT2D eigenvalue weighted by Crippen LogP contribution is -2.22. The first-order chi connectivity index (χ1) is 10.8. The summed E-state index contributed by atoms with van der Waals surface area (Å²) in [7, 11) is 0. The molecule has 0 amide bonds. The van der Waals surface area contributed by atoms with Crippen LogP contribution in [0, 0.1) is 0 Å². The number of nitrogens with zero attached hydrogens (tertiary/aromatic N) is 4. The van der Waals surface area contributed by atoms with Crippen molar-refractivity contribution in [1.29, 1.82) is 0 Å². The summed E-state index contributed by atoms with van der Waals surface area (Å²) >= 11 is 3.46. The van der Waals surface area contributed by atoms with Crippen LogP contribution in [0.15, 0.2) is 46.9 Å². The maximum Gasteiger partial charge on any atom is 0.263 e. The number of aromatic nitrogens is 4. The van der Waals surface area contributed by atoms with Crippen molar-refractivity contribution in [2.45, 2.75) is 11.7 Å². The monoisotopic (exact) mass is 332 g/mol. The summed E-state index contributed by atoms with van der Waals surface area (Å²) in [6.45, 7) is 4.14. The molecule has 2 heterocycles. The highest BCUT2D eigenvalue weighted by Gasteiger charge is 2.15. The van der Waals surface area contributed by atoms with E-state index in [0.717, 1.165) is 22.2 Å². The van der Waals surface area contributed by atoms with E-state index in [-0.39, 0.29) is 5.56 Å². The van der Waals surface area contributed by atoms with Crippen molar-refractivity contribution in [2.75, 3.05) is 17.8 Å². The average molecular weight is 332 g/mol. The van der Waals surface area contributed by atoms with Crippen LogP contribution >= 0.6 is 23.5 Å². The Hall–Kier alpha value is -1.73. The maximum atomic E-state index is 12.6. The van der Waals surface area contributed by atoms with Gasteiger partial charge in [0, 0.05) is 18.1 Å². The molecular weight excluding hydrogens is 316 g/mol. The molecule has 5 nitrogen and oxygen atoms in total. The Morgan fingerprint density at radius 3 is 2.86 bits per heavy atom. The zero-order valence-electron chi connectivity index (χ0n) is 12.2. The Kier molecular flexibility index (Phi) is 4.54. The van der Waals surface area contributed by atoms with Gasteiger partial charge in [0.2, 0.25) is 5.78 Å². The van der Waals surface area contributed by atoms with E-state index in [4.69, 9.17) is 0 Å². The van der Waals surface area contributed by atoms with E-state index < -0.39 is 0 Å². The van der Waals surface area contributed by atoms with Gasteiger partial charge < -0.3 is 0 Å². The van der Waals surface area contributed by atoms with E-state index in [0.29, 0.717) is 17.7 Å². The lowest BCUT2D eigenvalue weighted by atomic mass is 10.2. The third kappa shape index (κ3) is 2.55. The molecule has 3 aromatic rings. The normalized spacial score (nSPS) is 11.3. The van der Waals surface area contributed by atoms with Crippen LogP contribution in [0.4, 0.5) is 0 Å². The molecule has 22 heavy (non-hydrogen) atoms. The second-order valence-corrected chi connectivity index (χ2v) is 6.73. The molecule has 0 aliphatic rings. The molecule has 0 atom stereocenters. The number of thioether (sulfide) groups is 2. The lowest BCUT2D eigenvalue weighted by Gasteiger charge is -2.09. The minimum absolute atomic E-state index is 0.0592. The minimum Gasteiger partial charge on any atom is -0.272 e. The molecule has 0 aliphatic carbocycles. The van der Waals surface area contributed by atoms with Gasteiger partial charge in [-0.05, 0) is 18.4 Å². The van der Waals surface area contributed by atoms with Gasteiger partial charge in [0.05, 0.1) is 10.9 Å². The summed E-state index contributed by atoms with van der Waals surface area (Å²) in [5.74, 6) is 2.57. The SMILES string of the molecule is C=CCn1c(=O)c2ccccc2n2c(SCCSC)nnc12. The number of hydrogen-bond acceptors (Lipinski definition) is 5. The van der Waals surface area contributed by atoms with Gasteiger partial charge in [0.1, 0.15) is 0 Å². The fourth-order valence-corrected chi connectivity index (χ4v) is 3.93. The fraction of sp³-hybridized carbons (Fsp3) is 0.267. The number of fused-ring (bicyclic) bond motifs is 3. The summed E-state index contributed by atoms with van der Waals surface area (Å²) in [5.41, 5.74) is 0.788. The predicted molar refractivity (Wildman–Crippen MR) is 94.1 cm³/mol. The highest BCUT2D eigenvalue weighted by Crippen LogP contribution is 2.22. The van der Waals surface area contributed by atoms with Crippen LogP contribution in [0.2, 0.25) is 0 Å². The second kappa shape index (κ2) is 6.58. The Morgan fingerprint density at radius 2 is 2.09 bits per heavy atom. The highest BCUT2D eigenvalue weighted by molar-refractivity contribution is 8.02. The number of para-hydroxylation sites is 1. The molecule has 3 rings (SSSR count). The first-order valence-electron chi connectivity index (χ1n) is 6.87. The van der Waals surface area contributed by atoms with E-state index in [1.165, 1.54) is 0 Å². The van der Waals surface area contributed by atoms with Gasteiger partial charge >= 0.3 is 0 Å². The molecule has 1 aromatic carbocycles. The summed E-state index contributed by atoms with van der Waals surface area (Å²) in [5, 5.41) is 9.99. The molecule has 0 bridgehead atoms. The van der Waals surface area contributed by atoms with Crippen LogP contribution < -0.4 is 5.56 Å². The van der Waals surface area contributed by atoms with Crippen LogP contribution in [-0.4, -0.2) is 36.9 Å². The summed E-state index contributed by atoms with van der Waals surface area (Å²) in [6, 6.07) is 7.57. The molecule has 0 spiro atoms. The van der Waals surface area contributed by atoms with Crippen molar-refractivity contribution in [3.05, 3.63) is 47.3 Å². The van der Waals surface area contributed by atoms with E-state index in [9.17, 15) is 4.79 Å². The molecule has 2 aromatic heterocycles. The molecule has 7 heteroatoms. The van der Waals surface area contributed by atoms with Crippen molar-refractivity contribution >= 4 is 40.2 Å².